The van der Waals surface area contributed by atoms with Gasteiger partial charge >= 0.3 is 47.8 Å². The second-order valence-electron chi connectivity index (χ2n) is 19.0. The summed E-state index contributed by atoms with van der Waals surface area (Å²) >= 11 is 0. The van der Waals surface area contributed by atoms with Crippen LogP contribution in [0, 0.1) is 23.7 Å². The van der Waals surface area contributed by atoms with Crippen molar-refractivity contribution in [1.29, 1.82) is 0 Å². The molecule has 0 aliphatic heterocycles. The number of carboxylic acids is 4. The van der Waals surface area contributed by atoms with E-state index in [4.69, 9.17) is 43.9 Å². The topological polar surface area (TPSA) is 318 Å². The van der Waals surface area contributed by atoms with E-state index in [1.807, 2.05) is 152 Å². The van der Waals surface area contributed by atoms with Gasteiger partial charge in [0.15, 0.2) is 0 Å². The number of hydrogen-bond donors (Lipinski definition) is 5. The normalized spacial score (nSPS) is 13.5. The van der Waals surface area contributed by atoms with Gasteiger partial charge in [-0.1, -0.05) is 167 Å². The predicted octanol–water partition coefficient (Wildman–Crippen LogP) is 10.9. The molecule has 0 saturated carbocycles. The zero-order valence-corrected chi connectivity index (χ0v) is 46.3. The molecule has 20 nitrogen and oxygen atoms in total. The Bertz CT molecular complexity index is 2710. The zero-order chi connectivity index (χ0) is 59.0. The number of esters is 4. The first-order valence-corrected chi connectivity index (χ1v) is 30.0. The van der Waals surface area contributed by atoms with Gasteiger partial charge in [0, 0.05) is 50.3 Å². The lowest BCUT2D eigenvalue weighted by Gasteiger charge is -2.26. The average molecular weight is 1190 g/mol. The molecule has 4 unspecified atom stereocenters. The zero-order valence-electron chi connectivity index (χ0n) is 44.5. The molecule has 0 heterocycles. The highest BCUT2D eigenvalue weighted by molar-refractivity contribution is 7.59. The lowest BCUT2D eigenvalue weighted by atomic mass is 10.1. The first-order valence-electron chi connectivity index (χ1n) is 26.0. The van der Waals surface area contributed by atoms with Crippen LogP contribution >= 0.6 is 14.7 Å². The molecule has 22 heteroatoms. The molecule has 0 bridgehead atoms. The van der Waals surface area contributed by atoms with Crippen molar-refractivity contribution in [3.05, 3.63) is 179 Å². The van der Waals surface area contributed by atoms with Crippen LogP contribution in [0.1, 0.15) is 94.0 Å². The van der Waals surface area contributed by atoms with Crippen molar-refractivity contribution in [3.63, 3.8) is 0 Å². The first kappa shape index (κ1) is 71.3. The summed E-state index contributed by atoms with van der Waals surface area (Å²) in [5, 5.41) is 34.9. The van der Waals surface area contributed by atoms with Crippen LogP contribution < -0.4 is 0 Å². The van der Waals surface area contributed by atoms with Crippen molar-refractivity contribution in [2.45, 2.75) is 99.3 Å². The number of carbonyl (C=O) groups excluding carboxylic acids is 4. The van der Waals surface area contributed by atoms with Crippen LogP contribution in [0.3, 0.4) is 0 Å². The Kier molecular flexibility index (Phi) is 32.7. The van der Waals surface area contributed by atoms with Crippen molar-refractivity contribution in [2.24, 2.45) is 23.7 Å². The summed E-state index contributed by atoms with van der Waals surface area (Å²) in [6.07, 6.45) is -4.32. The highest BCUT2D eigenvalue weighted by Gasteiger charge is 2.39. The van der Waals surface area contributed by atoms with Gasteiger partial charge in [-0.3, -0.25) is 47.5 Å². The van der Waals surface area contributed by atoms with Gasteiger partial charge in [-0.25, -0.2) is 0 Å². The van der Waals surface area contributed by atoms with E-state index in [9.17, 15) is 47.8 Å². The molecule has 83 heavy (non-hydrogen) atoms. The fourth-order valence-electron chi connectivity index (χ4n) is 8.03. The van der Waals surface area contributed by atoms with Gasteiger partial charge in [0.25, 0.3) is 0 Å². The smallest absolute Gasteiger partial charge is 0.309 e. The number of aliphatic carboxylic acids is 4. The molecule has 5 aromatic rings. The summed E-state index contributed by atoms with van der Waals surface area (Å²) < 4.78 is 55.9. The van der Waals surface area contributed by atoms with Gasteiger partial charge in [-0.05, 0) is 53.5 Å². The molecular formula is C61H76O20P2. The van der Waals surface area contributed by atoms with Gasteiger partial charge in [-0.2, -0.15) is 0 Å². The van der Waals surface area contributed by atoms with Gasteiger partial charge < -0.3 is 48.8 Å². The maximum Gasteiger partial charge on any atom is 0.309 e. The van der Waals surface area contributed by atoms with Crippen molar-refractivity contribution in [1.82, 2.24) is 0 Å². The van der Waals surface area contributed by atoms with Gasteiger partial charge in [0.05, 0.1) is 30.3 Å². The van der Waals surface area contributed by atoms with E-state index in [0.717, 1.165) is 27.8 Å². The molecule has 450 valence electrons. The third-order valence-corrected chi connectivity index (χ3v) is 17.0. The monoisotopic (exact) mass is 1190 g/mol. The quantitative estimate of drug-likeness (QED) is 0.0143. The highest BCUT2D eigenvalue weighted by atomic mass is 31.2. The summed E-state index contributed by atoms with van der Waals surface area (Å²) in [5.41, 5.74) is 3.84. The molecule has 0 radical (unpaired) electrons. The number of carbonyl (C=O) groups is 8. The molecule has 4 atom stereocenters. The summed E-state index contributed by atoms with van der Waals surface area (Å²) in [4.78, 5) is 106. The van der Waals surface area contributed by atoms with E-state index in [0.29, 0.717) is 0 Å². The number of benzene rings is 5. The molecule has 0 saturated heterocycles. The van der Waals surface area contributed by atoms with E-state index in [2.05, 4.69) is 0 Å². The Labute approximate surface area is 484 Å². The maximum absolute atomic E-state index is 15.2. The van der Waals surface area contributed by atoms with Crippen molar-refractivity contribution in [2.75, 3.05) is 24.6 Å². The van der Waals surface area contributed by atoms with E-state index < -0.39 is 111 Å². The number of ether oxygens (including phenoxy) is 4. The average Bonchev–Trinajstić information content (AvgIpc) is 3.55. The summed E-state index contributed by atoms with van der Waals surface area (Å²) in [6.45, 7) is -0.0371. The van der Waals surface area contributed by atoms with E-state index in [1.165, 1.54) is 0 Å². The Balaban J connectivity index is 0.000000797. The van der Waals surface area contributed by atoms with Crippen LogP contribution in [0.15, 0.2) is 152 Å². The van der Waals surface area contributed by atoms with Gasteiger partial charge in [0.1, 0.15) is 26.4 Å². The molecule has 5 N–H and O–H groups in total. The molecule has 0 fully saturated rings. The minimum atomic E-state index is -4.18. The van der Waals surface area contributed by atoms with Crippen LogP contribution in [0.5, 0.6) is 0 Å². The van der Waals surface area contributed by atoms with Crippen LogP contribution in [0.2, 0.25) is 0 Å². The SMILES string of the molecule is C.C.O=C(CCC(CP(=O)(CC(CCC(=O)OCc1ccccc1)C(=O)OCc1ccccc1)OCc1ccccc1)C(=O)OCc1ccccc1)OCc1ccccc1.O=C(O)CCC(CP(=O)(O)CC(CCC(=O)O)C(=O)O)C(=O)O. The fraction of sp³-hybridized carbons (Fsp3) is 0.377. The Morgan fingerprint density at radius 1 is 0.361 bits per heavy atom. The van der Waals surface area contributed by atoms with E-state index in [-0.39, 0.29) is 98.7 Å². The standard InChI is InChI=1S/C47H49O10P.C12H19O10P.2CH4/c48-44(53-30-37-16-6-1-7-17-37)28-26-42(46(50)55-32-39-20-10-3-11-21-39)35-58(52,57-34-41-24-14-5-15-25-41)36-43(47(51)56-33-40-22-12-4-13-23-40)27-29-45(49)54-31-38-18-8-2-9-19-38;13-9(14)3-1-7(11(17)18)5-23(21,22)6-8(12(19)20)2-4-10(15)16;;/h1-25,42-43H,26-36H2;7-8H,1-6H2,(H,13,14)(H,15,16)(H,17,18)(H,19,20)(H,21,22);2*1H4. The van der Waals surface area contributed by atoms with Crippen LogP contribution in [0.4, 0.5) is 0 Å². The predicted molar refractivity (Wildman–Crippen MR) is 308 cm³/mol. The molecule has 0 aromatic heterocycles. The van der Waals surface area contributed by atoms with Gasteiger partial charge in [-0.15, -0.1) is 0 Å². The third-order valence-electron chi connectivity index (χ3n) is 12.4. The Hall–Kier alpha value is -7.76. The Morgan fingerprint density at radius 2 is 0.627 bits per heavy atom. The first-order chi connectivity index (χ1) is 38.7. The van der Waals surface area contributed by atoms with Crippen LogP contribution in [-0.2, 0) is 104 Å². The fourth-order valence-corrected chi connectivity index (χ4v) is 13.0. The second-order valence-corrected chi connectivity index (χ2v) is 24.1. The second kappa shape index (κ2) is 38.1. The third kappa shape index (κ3) is 29.7. The molecule has 0 aliphatic rings. The number of hydrogen-bond acceptors (Lipinski definition) is 15. The van der Waals surface area contributed by atoms with Crippen molar-refractivity contribution in [3.8, 4) is 0 Å². The highest BCUT2D eigenvalue weighted by Crippen LogP contribution is 2.52. The molecule has 0 amide bonds. The number of carboxylic acid groups (broad SMARTS) is 4. The van der Waals surface area contributed by atoms with Crippen LogP contribution in [-0.4, -0.2) is 97.7 Å². The molecule has 0 aliphatic carbocycles. The molecule has 0 spiro atoms. The summed E-state index contributed by atoms with van der Waals surface area (Å²) in [6, 6.07) is 45.8. The Morgan fingerprint density at radius 3 is 0.904 bits per heavy atom. The summed E-state index contributed by atoms with van der Waals surface area (Å²) in [5.74, 6) is -12.7. The van der Waals surface area contributed by atoms with Crippen molar-refractivity contribution >= 4 is 62.5 Å². The molecular weight excluding hydrogens is 1110 g/mol. The van der Waals surface area contributed by atoms with E-state index >= 15 is 4.57 Å². The molecule has 5 aromatic carbocycles. The number of rotatable bonds is 35. The van der Waals surface area contributed by atoms with Gasteiger partial charge in [0.2, 0.25) is 14.7 Å². The molecule has 5 rings (SSSR count). The van der Waals surface area contributed by atoms with Crippen LogP contribution in [0.25, 0.3) is 0 Å². The minimum absolute atomic E-state index is 0. The van der Waals surface area contributed by atoms with E-state index in [1.54, 1.807) is 0 Å². The minimum Gasteiger partial charge on any atom is -0.481 e. The largest absolute Gasteiger partial charge is 0.481 e. The lowest BCUT2D eigenvalue weighted by molar-refractivity contribution is -0.151. The van der Waals surface area contributed by atoms with Crippen molar-refractivity contribution < 1.29 is 96.3 Å². The lowest BCUT2D eigenvalue weighted by Crippen LogP contribution is -2.28. The summed E-state index contributed by atoms with van der Waals surface area (Å²) in [7, 11) is -8.13. The maximum atomic E-state index is 15.2.